The number of hydrogen-bond acceptors (Lipinski definition) is 4. The number of allylic oxidation sites excluding steroid dienone is 2. The molecule has 1 heterocycles. The number of anilines is 1. The number of rotatable bonds is 6. The molecular formula is C20H23ClN2O4. The van der Waals surface area contributed by atoms with Gasteiger partial charge < -0.3 is 10.1 Å². The zero-order valence-electron chi connectivity index (χ0n) is 15.5. The predicted octanol–water partition coefficient (Wildman–Crippen LogP) is 3.33. The maximum Gasteiger partial charge on any atom is 0.233 e. The molecule has 1 N–H and O–H groups in total. The Morgan fingerprint density at radius 1 is 1.22 bits per heavy atom. The summed E-state index contributed by atoms with van der Waals surface area (Å²) in [7, 11) is 1.51. The first kappa shape index (κ1) is 19.4. The second-order valence-corrected chi connectivity index (χ2v) is 7.34. The molecule has 1 saturated heterocycles. The van der Waals surface area contributed by atoms with Crippen LogP contribution in [0.5, 0.6) is 5.75 Å². The normalized spacial score (nSPS) is 21.4. The van der Waals surface area contributed by atoms with Crippen molar-refractivity contribution in [1.29, 1.82) is 0 Å². The number of carbonyl (C=O) groups excluding carboxylic acids is 3. The molecule has 3 rings (SSSR count). The zero-order valence-corrected chi connectivity index (χ0v) is 16.2. The molecule has 0 radical (unpaired) electrons. The summed E-state index contributed by atoms with van der Waals surface area (Å²) in [6, 6.07) is 3.41. The summed E-state index contributed by atoms with van der Waals surface area (Å²) in [6.07, 6.45) is 5.81. The van der Waals surface area contributed by atoms with Crippen LogP contribution >= 0.6 is 11.6 Å². The first-order chi connectivity index (χ1) is 12.9. The Bertz CT molecular complexity index is 779. The third-order valence-electron chi connectivity index (χ3n) is 5.14. The maximum atomic E-state index is 12.4. The Morgan fingerprint density at radius 3 is 2.44 bits per heavy atom. The third kappa shape index (κ3) is 4.00. The molecule has 1 aromatic carbocycles. The van der Waals surface area contributed by atoms with E-state index in [1.165, 1.54) is 12.0 Å². The number of fused-ring (bicyclic) bond motifs is 1. The lowest BCUT2D eigenvalue weighted by Gasteiger charge is -2.15. The molecule has 1 aliphatic carbocycles. The molecule has 1 fully saturated rings. The largest absolute Gasteiger partial charge is 0.495 e. The number of nitrogens with zero attached hydrogens (tertiary/aromatic N) is 1. The number of aryl methyl sites for hydroxylation is 1. The minimum absolute atomic E-state index is 0.107. The highest BCUT2D eigenvalue weighted by atomic mass is 35.5. The molecule has 1 aromatic rings. The molecule has 7 heteroatoms. The van der Waals surface area contributed by atoms with Gasteiger partial charge in [-0.1, -0.05) is 23.8 Å². The number of imide groups is 1. The van der Waals surface area contributed by atoms with Crippen molar-refractivity contribution in [3.8, 4) is 5.75 Å². The first-order valence-electron chi connectivity index (χ1n) is 9.06. The van der Waals surface area contributed by atoms with Gasteiger partial charge in [-0.25, -0.2) is 0 Å². The highest BCUT2D eigenvalue weighted by Gasteiger charge is 2.46. The van der Waals surface area contributed by atoms with Crippen LogP contribution in [-0.4, -0.2) is 36.3 Å². The quantitative estimate of drug-likeness (QED) is 0.597. The van der Waals surface area contributed by atoms with Crippen LogP contribution in [0, 0.1) is 18.8 Å². The van der Waals surface area contributed by atoms with E-state index in [1.54, 1.807) is 12.1 Å². The van der Waals surface area contributed by atoms with Crippen molar-refractivity contribution in [2.45, 2.75) is 32.6 Å². The summed E-state index contributed by atoms with van der Waals surface area (Å²) < 4.78 is 5.25. The van der Waals surface area contributed by atoms with Crippen molar-refractivity contribution < 1.29 is 19.1 Å². The minimum Gasteiger partial charge on any atom is -0.495 e. The van der Waals surface area contributed by atoms with Crippen molar-refractivity contribution in [2.24, 2.45) is 11.8 Å². The molecule has 1 aliphatic heterocycles. The van der Waals surface area contributed by atoms with Gasteiger partial charge in [0.15, 0.2) is 0 Å². The average molecular weight is 391 g/mol. The van der Waals surface area contributed by atoms with E-state index in [-0.39, 0.29) is 42.5 Å². The van der Waals surface area contributed by atoms with E-state index in [0.717, 1.165) is 5.56 Å². The van der Waals surface area contributed by atoms with E-state index in [9.17, 15) is 14.4 Å². The number of nitrogens with one attached hydrogen (secondary N) is 1. The second kappa shape index (κ2) is 8.13. The summed E-state index contributed by atoms with van der Waals surface area (Å²) in [6.45, 7) is 2.12. The van der Waals surface area contributed by atoms with Gasteiger partial charge in [-0.2, -0.15) is 0 Å². The number of carbonyl (C=O) groups is 3. The number of halogens is 1. The average Bonchev–Trinajstić information content (AvgIpc) is 2.89. The van der Waals surface area contributed by atoms with Gasteiger partial charge in [0.25, 0.3) is 0 Å². The zero-order chi connectivity index (χ0) is 19.6. The summed E-state index contributed by atoms with van der Waals surface area (Å²) in [5, 5.41) is 3.37. The Balaban J connectivity index is 1.54. The number of ether oxygens (including phenoxy) is 1. The molecule has 0 spiro atoms. The van der Waals surface area contributed by atoms with Crippen LogP contribution in [0.2, 0.25) is 5.02 Å². The minimum atomic E-state index is -0.224. The molecule has 3 amide bonds. The van der Waals surface area contributed by atoms with Crippen LogP contribution in [0.25, 0.3) is 0 Å². The molecule has 2 unspecified atom stereocenters. The monoisotopic (exact) mass is 390 g/mol. The van der Waals surface area contributed by atoms with Crippen molar-refractivity contribution in [3.63, 3.8) is 0 Å². The van der Waals surface area contributed by atoms with Crippen molar-refractivity contribution in [3.05, 3.63) is 34.9 Å². The number of methoxy groups -OCH3 is 1. The molecule has 0 saturated carbocycles. The lowest BCUT2D eigenvalue weighted by molar-refractivity contribution is -0.140. The maximum absolute atomic E-state index is 12.4. The van der Waals surface area contributed by atoms with Gasteiger partial charge in [0.05, 0.1) is 24.6 Å². The fraction of sp³-hybridized carbons (Fsp3) is 0.450. The fourth-order valence-electron chi connectivity index (χ4n) is 3.63. The molecule has 6 nitrogen and oxygen atoms in total. The SMILES string of the molecule is COc1cc(Cl)c(C)cc1NC(=O)CCCN1C(=O)C2CC=CCC2C1=O. The Labute approximate surface area is 163 Å². The molecule has 27 heavy (non-hydrogen) atoms. The van der Waals surface area contributed by atoms with Gasteiger partial charge >= 0.3 is 0 Å². The van der Waals surface area contributed by atoms with Crippen LogP contribution in [0.4, 0.5) is 5.69 Å². The number of benzene rings is 1. The molecule has 144 valence electrons. The number of amides is 3. The Hall–Kier alpha value is -2.34. The van der Waals surface area contributed by atoms with E-state index < -0.39 is 0 Å². The van der Waals surface area contributed by atoms with Gasteiger partial charge in [0.1, 0.15) is 5.75 Å². The van der Waals surface area contributed by atoms with Crippen molar-refractivity contribution in [2.75, 3.05) is 19.0 Å². The van der Waals surface area contributed by atoms with Gasteiger partial charge in [-0.3, -0.25) is 19.3 Å². The number of hydrogen-bond donors (Lipinski definition) is 1. The smallest absolute Gasteiger partial charge is 0.233 e. The highest BCUT2D eigenvalue weighted by Crippen LogP contribution is 2.35. The molecular weight excluding hydrogens is 368 g/mol. The van der Waals surface area contributed by atoms with Gasteiger partial charge in [0, 0.05) is 24.1 Å². The van der Waals surface area contributed by atoms with Gasteiger partial charge in [-0.05, 0) is 37.8 Å². The molecule has 2 atom stereocenters. The third-order valence-corrected chi connectivity index (χ3v) is 5.55. The van der Waals surface area contributed by atoms with Gasteiger partial charge in [0.2, 0.25) is 17.7 Å². The summed E-state index contributed by atoms with van der Waals surface area (Å²) >= 11 is 6.07. The molecule has 0 bridgehead atoms. The fourth-order valence-corrected chi connectivity index (χ4v) is 3.78. The standard InChI is InChI=1S/C20H23ClN2O4/c1-12-10-16(17(27-2)11-15(12)21)22-18(24)8-5-9-23-19(25)13-6-3-4-7-14(13)20(23)26/h3-4,10-11,13-14H,5-9H2,1-2H3,(H,22,24). The Morgan fingerprint density at radius 2 is 1.85 bits per heavy atom. The number of likely N-dealkylation sites (tertiary alicyclic amines) is 1. The van der Waals surface area contributed by atoms with E-state index in [0.29, 0.717) is 35.7 Å². The second-order valence-electron chi connectivity index (χ2n) is 6.94. The molecule has 0 aromatic heterocycles. The summed E-state index contributed by atoms with van der Waals surface area (Å²) in [5.41, 5.74) is 1.38. The van der Waals surface area contributed by atoms with E-state index in [4.69, 9.17) is 16.3 Å². The lowest BCUT2D eigenvalue weighted by atomic mass is 9.85. The van der Waals surface area contributed by atoms with E-state index in [1.807, 2.05) is 19.1 Å². The van der Waals surface area contributed by atoms with Gasteiger partial charge in [-0.15, -0.1) is 0 Å². The predicted molar refractivity (Wildman–Crippen MR) is 103 cm³/mol. The van der Waals surface area contributed by atoms with Crippen LogP contribution < -0.4 is 10.1 Å². The topological polar surface area (TPSA) is 75.7 Å². The Kier molecular flexibility index (Phi) is 5.85. The van der Waals surface area contributed by atoms with Crippen LogP contribution in [0.3, 0.4) is 0 Å². The molecule has 2 aliphatic rings. The highest BCUT2D eigenvalue weighted by molar-refractivity contribution is 6.31. The van der Waals surface area contributed by atoms with Crippen LogP contribution in [-0.2, 0) is 14.4 Å². The van der Waals surface area contributed by atoms with E-state index >= 15 is 0 Å². The summed E-state index contributed by atoms with van der Waals surface area (Å²) in [5.74, 6) is -0.376. The van der Waals surface area contributed by atoms with Crippen molar-refractivity contribution >= 4 is 35.0 Å². The first-order valence-corrected chi connectivity index (χ1v) is 9.44. The summed E-state index contributed by atoms with van der Waals surface area (Å²) in [4.78, 5) is 38.4. The lowest BCUT2D eigenvalue weighted by Crippen LogP contribution is -2.32. The van der Waals surface area contributed by atoms with E-state index in [2.05, 4.69) is 5.32 Å². The van der Waals surface area contributed by atoms with Crippen molar-refractivity contribution in [1.82, 2.24) is 4.90 Å². The van der Waals surface area contributed by atoms with Crippen LogP contribution in [0.15, 0.2) is 24.3 Å². The van der Waals surface area contributed by atoms with Crippen LogP contribution in [0.1, 0.15) is 31.2 Å².